The van der Waals surface area contributed by atoms with Crippen molar-refractivity contribution in [2.24, 2.45) is 0 Å². The minimum absolute atomic E-state index is 0.00813. The van der Waals surface area contributed by atoms with Crippen LogP contribution in [-0.2, 0) is 31.9 Å². The first kappa shape index (κ1) is 39.1. The van der Waals surface area contributed by atoms with Crippen LogP contribution in [0.1, 0.15) is 61.3 Å². The summed E-state index contributed by atoms with van der Waals surface area (Å²) in [7, 11) is 0. The number of urea groups is 1. The number of piperidine rings is 2. The molecule has 292 valence electrons. The maximum Gasteiger partial charge on any atom is 0.410 e. The number of para-hydroxylation sites is 1. The number of likely N-dealkylation sites (tertiary alicyclic amines) is 2. The SMILES string of the molecule is C=Cc1cc(C[C@@H](OC(=O)N2CCC(N3CCc4ccccc4NC3=O)CC2)C(=O)N2CCN(C3CCN(CCC(=O)OCC)CC3)CC2)cc(C)c1O. The van der Waals surface area contributed by atoms with Gasteiger partial charge in [0.25, 0.3) is 5.91 Å². The third kappa shape index (κ3) is 9.54. The number of hydrogen-bond donors (Lipinski definition) is 2. The number of nitrogens with zero attached hydrogens (tertiary/aromatic N) is 5. The Morgan fingerprint density at radius 1 is 0.944 bits per heavy atom. The largest absolute Gasteiger partial charge is 0.507 e. The van der Waals surface area contributed by atoms with Crippen molar-refractivity contribution < 1.29 is 33.8 Å². The highest BCUT2D eigenvalue weighted by Crippen LogP contribution is 2.28. The van der Waals surface area contributed by atoms with E-state index in [0.717, 1.165) is 62.3 Å². The molecular weight excluding hydrogens is 688 g/mol. The van der Waals surface area contributed by atoms with Crippen LogP contribution in [0.2, 0.25) is 0 Å². The highest BCUT2D eigenvalue weighted by atomic mass is 16.6. The van der Waals surface area contributed by atoms with Crippen LogP contribution in [-0.4, -0.2) is 144 Å². The zero-order valence-electron chi connectivity index (χ0n) is 31.8. The Labute approximate surface area is 318 Å². The molecule has 0 unspecified atom stereocenters. The van der Waals surface area contributed by atoms with E-state index >= 15 is 0 Å². The molecule has 4 amide bonds. The molecular formula is C41H56N6O7. The van der Waals surface area contributed by atoms with Crippen molar-refractivity contribution in [3.05, 3.63) is 65.2 Å². The highest BCUT2D eigenvalue weighted by molar-refractivity contribution is 5.91. The lowest BCUT2D eigenvalue weighted by molar-refractivity contribution is -0.144. The number of nitrogens with one attached hydrogen (secondary N) is 1. The topological polar surface area (TPSA) is 135 Å². The maximum absolute atomic E-state index is 14.2. The number of aromatic hydroxyl groups is 1. The first-order valence-electron chi connectivity index (χ1n) is 19.6. The van der Waals surface area contributed by atoms with Gasteiger partial charge in [0.05, 0.1) is 13.0 Å². The Kier molecular flexibility index (Phi) is 13.1. The van der Waals surface area contributed by atoms with Gasteiger partial charge in [-0.3, -0.25) is 14.5 Å². The molecule has 13 nitrogen and oxygen atoms in total. The van der Waals surface area contributed by atoms with Crippen LogP contribution >= 0.6 is 0 Å². The number of aryl methyl sites for hydroxylation is 1. The van der Waals surface area contributed by atoms with E-state index in [9.17, 15) is 24.3 Å². The van der Waals surface area contributed by atoms with Gasteiger partial charge in [-0.25, -0.2) is 9.59 Å². The second-order valence-corrected chi connectivity index (χ2v) is 14.9. The number of ether oxygens (including phenoxy) is 2. The molecule has 2 aromatic rings. The summed E-state index contributed by atoms with van der Waals surface area (Å²) >= 11 is 0. The number of anilines is 1. The minimum Gasteiger partial charge on any atom is -0.507 e. The Balaban J connectivity index is 1.05. The Hall–Kier alpha value is -4.62. The fraction of sp³-hybridized carbons (Fsp3) is 0.561. The van der Waals surface area contributed by atoms with Gasteiger partial charge in [0, 0.05) is 82.1 Å². The van der Waals surface area contributed by atoms with E-state index in [-0.39, 0.29) is 36.1 Å². The summed E-state index contributed by atoms with van der Waals surface area (Å²) < 4.78 is 11.2. The normalized spacial score (nSPS) is 19.7. The van der Waals surface area contributed by atoms with Crippen LogP contribution in [0, 0.1) is 6.92 Å². The predicted molar refractivity (Wildman–Crippen MR) is 206 cm³/mol. The summed E-state index contributed by atoms with van der Waals surface area (Å²) in [4.78, 5) is 63.0. The number of carbonyl (C=O) groups is 4. The predicted octanol–water partition coefficient (Wildman–Crippen LogP) is 4.51. The average molecular weight is 745 g/mol. The van der Waals surface area contributed by atoms with Crippen molar-refractivity contribution in [1.82, 2.24) is 24.5 Å². The molecule has 0 aromatic heterocycles. The lowest BCUT2D eigenvalue weighted by atomic mass is 9.99. The lowest BCUT2D eigenvalue weighted by Gasteiger charge is -2.43. The van der Waals surface area contributed by atoms with Gasteiger partial charge in [-0.2, -0.15) is 0 Å². The molecule has 3 fully saturated rings. The van der Waals surface area contributed by atoms with E-state index in [0.29, 0.717) is 82.3 Å². The standard InChI is InChI=1S/C41H56N6O7/c1-4-31-27-30(26-29(3)38(31)49)28-36(39(50)45-24-22-44(23-25-45)33-11-16-43(17-12-33)18-15-37(48)53-5-2)54-41(52)46-19-13-34(14-20-46)47-21-10-32-8-6-7-9-35(32)42-40(47)51/h4,6-9,26-27,33-34,36,49H,1,5,10-25,28H2,2-3H3,(H,42,51)/t36-/m1/s1. The Morgan fingerprint density at radius 2 is 1.65 bits per heavy atom. The zero-order valence-corrected chi connectivity index (χ0v) is 31.8. The second kappa shape index (κ2) is 18.1. The van der Waals surface area contributed by atoms with Crippen molar-refractivity contribution in [1.29, 1.82) is 0 Å². The van der Waals surface area contributed by atoms with Crippen LogP contribution in [0.3, 0.4) is 0 Å². The average Bonchev–Trinajstić information content (AvgIpc) is 3.36. The first-order chi connectivity index (χ1) is 26.1. The molecule has 4 heterocycles. The Bertz CT molecular complexity index is 1660. The molecule has 2 N–H and O–H groups in total. The van der Waals surface area contributed by atoms with Gasteiger partial charge in [0.1, 0.15) is 5.75 Å². The summed E-state index contributed by atoms with van der Waals surface area (Å²) in [5.41, 5.74) is 3.94. The number of hydrogen-bond acceptors (Lipinski definition) is 9. The third-order valence-corrected chi connectivity index (χ3v) is 11.5. The second-order valence-electron chi connectivity index (χ2n) is 14.9. The van der Waals surface area contributed by atoms with E-state index in [1.807, 2.05) is 47.1 Å². The monoisotopic (exact) mass is 744 g/mol. The van der Waals surface area contributed by atoms with E-state index in [1.165, 1.54) is 0 Å². The molecule has 54 heavy (non-hydrogen) atoms. The number of benzene rings is 2. The molecule has 0 spiro atoms. The van der Waals surface area contributed by atoms with Gasteiger partial charge >= 0.3 is 18.1 Å². The molecule has 6 rings (SSSR count). The van der Waals surface area contributed by atoms with Gasteiger partial charge in [0.15, 0.2) is 6.10 Å². The van der Waals surface area contributed by atoms with Gasteiger partial charge in [-0.1, -0.05) is 36.9 Å². The molecule has 3 saturated heterocycles. The number of phenols is 1. The van der Waals surface area contributed by atoms with Gasteiger partial charge in [-0.05, 0) is 87.9 Å². The molecule has 4 aliphatic heterocycles. The molecule has 0 aliphatic carbocycles. The van der Waals surface area contributed by atoms with Crippen LogP contribution in [0.5, 0.6) is 5.75 Å². The third-order valence-electron chi connectivity index (χ3n) is 11.5. The van der Waals surface area contributed by atoms with Gasteiger partial charge in [-0.15, -0.1) is 0 Å². The number of esters is 1. The van der Waals surface area contributed by atoms with Crippen LogP contribution < -0.4 is 5.32 Å². The maximum atomic E-state index is 14.2. The zero-order chi connectivity index (χ0) is 38.2. The van der Waals surface area contributed by atoms with Crippen molar-refractivity contribution in [3.8, 4) is 5.75 Å². The summed E-state index contributed by atoms with van der Waals surface area (Å²) in [5.74, 6) is -0.237. The quantitative estimate of drug-likeness (QED) is 0.319. The fourth-order valence-electron chi connectivity index (χ4n) is 8.35. The number of rotatable bonds is 11. The molecule has 0 bridgehead atoms. The Morgan fingerprint density at radius 3 is 2.35 bits per heavy atom. The summed E-state index contributed by atoms with van der Waals surface area (Å²) in [6, 6.07) is 11.8. The fourth-order valence-corrected chi connectivity index (χ4v) is 8.35. The summed E-state index contributed by atoms with van der Waals surface area (Å²) in [6.07, 6.45) is 4.59. The van der Waals surface area contributed by atoms with E-state index < -0.39 is 12.2 Å². The molecule has 0 radical (unpaired) electrons. The molecule has 1 atom stereocenters. The number of fused-ring (bicyclic) bond motifs is 1. The lowest BCUT2D eigenvalue weighted by Crippen LogP contribution is -2.56. The number of carbonyl (C=O) groups excluding carboxylic acids is 4. The highest BCUT2D eigenvalue weighted by Gasteiger charge is 2.36. The molecule has 13 heteroatoms. The van der Waals surface area contributed by atoms with Gasteiger partial charge < -0.3 is 39.5 Å². The molecule has 4 aliphatic rings. The van der Waals surface area contributed by atoms with Gasteiger partial charge in [0.2, 0.25) is 0 Å². The first-order valence-corrected chi connectivity index (χ1v) is 19.6. The minimum atomic E-state index is -1.04. The van der Waals surface area contributed by atoms with Crippen molar-refractivity contribution in [2.75, 3.05) is 77.4 Å². The number of piperazine rings is 1. The number of phenolic OH excluding ortho intramolecular Hbond substituents is 1. The summed E-state index contributed by atoms with van der Waals surface area (Å²) in [6.45, 7) is 14.4. The van der Waals surface area contributed by atoms with Crippen molar-refractivity contribution in [3.63, 3.8) is 0 Å². The number of amides is 4. The smallest absolute Gasteiger partial charge is 0.410 e. The van der Waals surface area contributed by atoms with E-state index in [2.05, 4.69) is 21.7 Å². The molecule has 0 saturated carbocycles. The van der Waals surface area contributed by atoms with Crippen LogP contribution in [0.4, 0.5) is 15.3 Å². The van der Waals surface area contributed by atoms with Crippen molar-refractivity contribution in [2.45, 2.75) is 77.0 Å². The van der Waals surface area contributed by atoms with Crippen LogP contribution in [0.15, 0.2) is 43.0 Å². The van der Waals surface area contributed by atoms with E-state index in [1.54, 1.807) is 24.0 Å². The summed E-state index contributed by atoms with van der Waals surface area (Å²) in [5, 5.41) is 13.5. The van der Waals surface area contributed by atoms with Crippen LogP contribution in [0.25, 0.3) is 6.08 Å². The van der Waals surface area contributed by atoms with E-state index in [4.69, 9.17) is 9.47 Å². The molecule has 2 aromatic carbocycles. The van der Waals surface area contributed by atoms with Crippen molar-refractivity contribution >= 4 is 35.8 Å².